The van der Waals surface area contributed by atoms with Crippen LogP contribution in [0, 0.1) is 12.1 Å². The minimum Gasteiger partial charge on any atom is -0.233 e. The highest BCUT2D eigenvalue weighted by Gasteiger charge is 2.10. The Morgan fingerprint density at radius 1 is 1.00 bits per heavy atom. The SMILES string of the molecule is Fc1cccc(-c2n[c]ncc2-c2ccc(Cl)cc2)c1. The van der Waals surface area contributed by atoms with Crippen LogP contribution in [0.4, 0.5) is 4.39 Å². The van der Waals surface area contributed by atoms with Crippen molar-refractivity contribution in [3.8, 4) is 22.4 Å². The summed E-state index contributed by atoms with van der Waals surface area (Å²) in [5.41, 5.74) is 3.06. The molecule has 1 aromatic heterocycles. The zero-order valence-electron chi connectivity index (χ0n) is 10.3. The van der Waals surface area contributed by atoms with Gasteiger partial charge in [-0.2, -0.15) is 0 Å². The van der Waals surface area contributed by atoms with Crippen molar-refractivity contribution in [2.45, 2.75) is 0 Å². The van der Waals surface area contributed by atoms with Gasteiger partial charge in [0.05, 0.1) is 5.69 Å². The van der Waals surface area contributed by atoms with Crippen LogP contribution >= 0.6 is 11.6 Å². The van der Waals surface area contributed by atoms with Gasteiger partial charge in [-0.05, 0) is 29.8 Å². The van der Waals surface area contributed by atoms with Gasteiger partial charge in [-0.3, -0.25) is 0 Å². The van der Waals surface area contributed by atoms with Gasteiger partial charge < -0.3 is 0 Å². The van der Waals surface area contributed by atoms with Crippen LogP contribution in [0.5, 0.6) is 0 Å². The molecule has 0 N–H and O–H groups in total. The number of benzene rings is 2. The molecule has 0 atom stereocenters. The van der Waals surface area contributed by atoms with Crippen LogP contribution in [-0.4, -0.2) is 9.97 Å². The molecule has 3 aromatic rings. The van der Waals surface area contributed by atoms with E-state index in [2.05, 4.69) is 16.3 Å². The van der Waals surface area contributed by atoms with Crippen molar-refractivity contribution >= 4 is 11.6 Å². The molecule has 20 heavy (non-hydrogen) atoms. The van der Waals surface area contributed by atoms with Crippen LogP contribution in [0.1, 0.15) is 0 Å². The lowest BCUT2D eigenvalue weighted by atomic mass is 10.0. The van der Waals surface area contributed by atoms with Gasteiger partial charge in [0.25, 0.3) is 0 Å². The largest absolute Gasteiger partial charge is 0.233 e. The Morgan fingerprint density at radius 2 is 1.80 bits per heavy atom. The zero-order valence-corrected chi connectivity index (χ0v) is 11.1. The standard InChI is InChI=1S/C16H9ClFN2/c17-13-6-4-11(5-7-13)15-9-19-10-20-16(15)12-2-1-3-14(18)8-12/h1-9H. The number of aromatic nitrogens is 2. The molecule has 3 rings (SSSR count). The van der Waals surface area contributed by atoms with Crippen LogP contribution in [0.15, 0.2) is 54.7 Å². The fourth-order valence-electron chi connectivity index (χ4n) is 1.99. The topological polar surface area (TPSA) is 25.8 Å². The first kappa shape index (κ1) is 12.8. The van der Waals surface area contributed by atoms with Crippen LogP contribution in [0.2, 0.25) is 5.02 Å². The first-order valence-electron chi connectivity index (χ1n) is 5.99. The lowest BCUT2D eigenvalue weighted by Gasteiger charge is -2.08. The van der Waals surface area contributed by atoms with Gasteiger partial charge in [0.1, 0.15) is 5.82 Å². The number of hydrogen-bond donors (Lipinski definition) is 0. The van der Waals surface area contributed by atoms with Crippen LogP contribution in [0.25, 0.3) is 22.4 Å². The predicted octanol–water partition coefficient (Wildman–Crippen LogP) is 4.40. The molecule has 1 heterocycles. The fourth-order valence-corrected chi connectivity index (χ4v) is 2.12. The zero-order chi connectivity index (χ0) is 13.9. The fraction of sp³-hybridized carbons (Fsp3) is 0. The maximum atomic E-state index is 13.4. The van der Waals surface area contributed by atoms with E-state index in [9.17, 15) is 4.39 Å². The molecule has 0 saturated carbocycles. The van der Waals surface area contributed by atoms with E-state index in [0.717, 1.165) is 11.1 Å². The first-order chi connectivity index (χ1) is 9.74. The monoisotopic (exact) mass is 283 g/mol. The molecule has 0 aliphatic rings. The van der Waals surface area contributed by atoms with Crippen molar-refractivity contribution < 1.29 is 4.39 Å². The highest BCUT2D eigenvalue weighted by Crippen LogP contribution is 2.30. The first-order valence-corrected chi connectivity index (χ1v) is 6.37. The molecule has 0 aliphatic carbocycles. The molecular formula is C16H9ClFN2. The number of halogens is 2. The highest BCUT2D eigenvalue weighted by atomic mass is 35.5. The molecular weight excluding hydrogens is 275 g/mol. The van der Waals surface area contributed by atoms with Crippen molar-refractivity contribution in [3.63, 3.8) is 0 Å². The van der Waals surface area contributed by atoms with Gasteiger partial charge in [0, 0.05) is 22.3 Å². The van der Waals surface area contributed by atoms with E-state index in [1.165, 1.54) is 12.1 Å². The Bertz CT molecular complexity index is 741. The predicted molar refractivity (Wildman–Crippen MR) is 76.7 cm³/mol. The van der Waals surface area contributed by atoms with Gasteiger partial charge in [-0.15, -0.1) is 0 Å². The minimum absolute atomic E-state index is 0.303. The summed E-state index contributed by atoms with van der Waals surface area (Å²) in [6.45, 7) is 0. The summed E-state index contributed by atoms with van der Waals surface area (Å²) >= 11 is 5.89. The second-order valence-corrected chi connectivity index (χ2v) is 4.69. The summed E-state index contributed by atoms with van der Waals surface area (Å²) in [6, 6.07) is 13.6. The summed E-state index contributed by atoms with van der Waals surface area (Å²) in [4.78, 5) is 8.08. The van der Waals surface area contributed by atoms with Gasteiger partial charge in [0.2, 0.25) is 0 Å². The van der Waals surface area contributed by atoms with Crippen molar-refractivity contribution in [1.29, 1.82) is 0 Å². The van der Waals surface area contributed by atoms with E-state index in [0.29, 0.717) is 16.3 Å². The van der Waals surface area contributed by atoms with E-state index >= 15 is 0 Å². The van der Waals surface area contributed by atoms with Gasteiger partial charge >= 0.3 is 0 Å². The van der Waals surface area contributed by atoms with E-state index < -0.39 is 0 Å². The molecule has 4 heteroatoms. The summed E-state index contributed by atoms with van der Waals surface area (Å²) < 4.78 is 13.4. The van der Waals surface area contributed by atoms with Crippen molar-refractivity contribution in [3.05, 3.63) is 71.9 Å². The molecule has 0 saturated heterocycles. The van der Waals surface area contributed by atoms with Crippen LogP contribution in [0.3, 0.4) is 0 Å². The Balaban J connectivity index is 2.16. The molecule has 0 spiro atoms. The molecule has 0 unspecified atom stereocenters. The Kier molecular flexibility index (Phi) is 3.44. The summed E-state index contributed by atoms with van der Waals surface area (Å²) in [5.74, 6) is -0.303. The Hall–Kier alpha value is -2.26. The third-order valence-electron chi connectivity index (χ3n) is 2.92. The summed E-state index contributed by atoms with van der Waals surface area (Å²) in [6.07, 6.45) is 4.22. The van der Waals surface area contributed by atoms with Gasteiger partial charge in [-0.25, -0.2) is 14.4 Å². The lowest BCUT2D eigenvalue weighted by Crippen LogP contribution is -1.91. The quantitative estimate of drug-likeness (QED) is 0.696. The second kappa shape index (κ2) is 5.39. The molecule has 0 aliphatic heterocycles. The summed E-state index contributed by atoms with van der Waals surface area (Å²) in [7, 11) is 0. The molecule has 97 valence electrons. The summed E-state index contributed by atoms with van der Waals surface area (Å²) in [5, 5.41) is 0.657. The van der Waals surface area contributed by atoms with E-state index in [-0.39, 0.29) is 5.82 Å². The van der Waals surface area contributed by atoms with Crippen molar-refractivity contribution in [2.75, 3.05) is 0 Å². The van der Waals surface area contributed by atoms with Gasteiger partial charge in [0.15, 0.2) is 6.33 Å². The average Bonchev–Trinajstić information content (AvgIpc) is 2.48. The van der Waals surface area contributed by atoms with Crippen LogP contribution in [-0.2, 0) is 0 Å². The third kappa shape index (κ3) is 2.53. The number of rotatable bonds is 2. The normalized spacial score (nSPS) is 10.5. The van der Waals surface area contributed by atoms with E-state index in [1.54, 1.807) is 30.5 Å². The van der Waals surface area contributed by atoms with E-state index in [1.807, 2.05) is 12.1 Å². The Labute approximate surface area is 120 Å². The second-order valence-electron chi connectivity index (χ2n) is 4.25. The maximum absolute atomic E-state index is 13.4. The molecule has 0 amide bonds. The molecule has 0 bridgehead atoms. The third-order valence-corrected chi connectivity index (χ3v) is 3.17. The Morgan fingerprint density at radius 3 is 2.55 bits per heavy atom. The van der Waals surface area contributed by atoms with Crippen molar-refractivity contribution in [1.82, 2.24) is 9.97 Å². The number of nitrogens with zero attached hydrogens (tertiary/aromatic N) is 2. The lowest BCUT2D eigenvalue weighted by molar-refractivity contribution is 0.628. The van der Waals surface area contributed by atoms with Gasteiger partial charge in [-0.1, -0.05) is 35.9 Å². The molecule has 0 fully saturated rings. The molecule has 2 nitrogen and oxygen atoms in total. The van der Waals surface area contributed by atoms with Crippen molar-refractivity contribution in [2.24, 2.45) is 0 Å². The molecule has 1 radical (unpaired) electrons. The number of hydrogen-bond acceptors (Lipinski definition) is 2. The maximum Gasteiger partial charge on any atom is 0.198 e. The van der Waals surface area contributed by atoms with E-state index in [4.69, 9.17) is 11.6 Å². The molecule has 2 aromatic carbocycles. The smallest absolute Gasteiger partial charge is 0.198 e. The average molecular weight is 284 g/mol. The van der Waals surface area contributed by atoms with Crippen LogP contribution < -0.4 is 0 Å². The minimum atomic E-state index is -0.303. The highest BCUT2D eigenvalue weighted by molar-refractivity contribution is 6.30.